The van der Waals surface area contributed by atoms with E-state index in [9.17, 15) is 4.79 Å². The number of hydrogen-bond acceptors (Lipinski definition) is 5. The fourth-order valence-corrected chi connectivity index (χ4v) is 2.12. The lowest BCUT2D eigenvalue weighted by Gasteiger charge is -2.22. The van der Waals surface area contributed by atoms with Gasteiger partial charge in [0.25, 0.3) is 0 Å². The number of aromatic nitrogens is 3. The van der Waals surface area contributed by atoms with Crippen LogP contribution in [0, 0.1) is 5.92 Å². The van der Waals surface area contributed by atoms with Crippen molar-refractivity contribution in [2.45, 2.75) is 6.92 Å². The van der Waals surface area contributed by atoms with Gasteiger partial charge in [-0.1, -0.05) is 6.92 Å². The lowest BCUT2D eigenvalue weighted by Crippen LogP contribution is -2.35. The maximum Gasteiger partial charge on any atom is 0.224 e. The van der Waals surface area contributed by atoms with E-state index in [1.165, 1.54) is 0 Å². The van der Waals surface area contributed by atoms with Crippen LogP contribution in [0.25, 0.3) is 5.65 Å². The molecule has 0 aliphatic carbocycles. The minimum atomic E-state index is -0.125. The number of carbonyl (C=O) groups excluding carboxylic acids is 1. The third-order valence-electron chi connectivity index (χ3n) is 3.22. The molecule has 0 aliphatic heterocycles. The molecular formula is C13H20N6O. The highest BCUT2D eigenvalue weighted by atomic mass is 16.1. The Hall–Kier alpha value is -2.31. The van der Waals surface area contributed by atoms with Crippen molar-refractivity contribution < 1.29 is 4.79 Å². The van der Waals surface area contributed by atoms with E-state index in [1.54, 1.807) is 13.2 Å². The van der Waals surface area contributed by atoms with Crippen molar-refractivity contribution in [2.75, 3.05) is 37.9 Å². The van der Waals surface area contributed by atoms with Gasteiger partial charge in [0.15, 0.2) is 11.5 Å². The van der Waals surface area contributed by atoms with Crippen LogP contribution in [-0.4, -0.2) is 48.0 Å². The molecule has 0 radical (unpaired) electrons. The van der Waals surface area contributed by atoms with Crippen LogP contribution in [0.3, 0.4) is 0 Å². The Morgan fingerprint density at radius 1 is 1.50 bits per heavy atom. The van der Waals surface area contributed by atoms with E-state index in [2.05, 4.69) is 20.6 Å². The van der Waals surface area contributed by atoms with Gasteiger partial charge in [-0.05, 0) is 0 Å². The van der Waals surface area contributed by atoms with E-state index >= 15 is 0 Å². The van der Waals surface area contributed by atoms with Gasteiger partial charge in [0, 0.05) is 40.1 Å². The minimum Gasteiger partial charge on any atom is -0.372 e. The first kappa shape index (κ1) is 14.1. The van der Waals surface area contributed by atoms with Gasteiger partial charge >= 0.3 is 0 Å². The molecular weight excluding hydrogens is 256 g/mol. The first-order chi connectivity index (χ1) is 9.56. The van der Waals surface area contributed by atoms with Gasteiger partial charge in [-0.15, -0.1) is 0 Å². The van der Waals surface area contributed by atoms with Crippen molar-refractivity contribution in [2.24, 2.45) is 5.92 Å². The fraction of sp³-hybridized carbons (Fsp3) is 0.462. The SMILES string of the molecule is CNC(=O)C(C)CN(C)c1nc(NC)cn2ccnc12. The van der Waals surface area contributed by atoms with E-state index < -0.39 is 0 Å². The largest absolute Gasteiger partial charge is 0.372 e. The summed E-state index contributed by atoms with van der Waals surface area (Å²) in [6.07, 6.45) is 5.48. The Balaban J connectivity index is 2.31. The Morgan fingerprint density at radius 3 is 2.90 bits per heavy atom. The number of anilines is 2. The quantitative estimate of drug-likeness (QED) is 0.836. The highest BCUT2D eigenvalue weighted by Gasteiger charge is 2.17. The second-order valence-corrected chi connectivity index (χ2v) is 4.75. The Labute approximate surface area is 118 Å². The molecule has 0 aliphatic rings. The lowest BCUT2D eigenvalue weighted by atomic mass is 10.1. The molecule has 20 heavy (non-hydrogen) atoms. The van der Waals surface area contributed by atoms with Crippen molar-refractivity contribution in [1.82, 2.24) is 19.7 Å². The van der Waals surface area contributed by atoms with Crippen LogP contribution in [0.15, 0.2) is 18.6 Å². The second-order valence-electron chi connectivity index (χ2n) is 4.75. The van der Waals surface area contributed by atoms with Gasteiger partial charge in [-0.3, -0.25) is 4.79 Å². The third kappa shape index (κ3) is 2.66. The van der Waals surface area contributed by atoms with E-state index in [1.807, 2.05) is 42.7 Å². The zero-order valence-electron chi connectivity index (χ0n) is 12.2. The molecule has 7 heteroatoms. The molecule has 2 aromatic rings. The Bertz CT molecular complexity index is 608. The standard InChI is InChI=1S/C13H20N6O/c1-9(13(20)15-3)7-18(4)12-11-16-5-6-19(11)8-10(14-2)17-12/h5-6,8-9,14H,7H2,1-4H3,(H,15,20). The van der Waals surface area contributed by atoms with Crippen LogP contribution in [0.5, 0.6) is 0 Å². The molecule has 0 aromatic carbocycles. The topological polar surface area (TPSA) is 74.6 Å². The van der Waals surface area contributed by atoms with Crippen molar-refractivity contribution in [1.29, 1.82) is 0 Å². The summed E-state index contributed by atoms with van der Waals surface area (Å²) in [5, 5.41) is 5.68. The van der Waals surface area contributed by atoms with Crippen LogP contribution >= 0.6 is 0 Å². The number of imidazole rings is 1. The summed E-state index contributed by atoms with van der Waals surface area (Å²) in [7, 11) is 5.38. The van der Waals surface area contributed by atoms with Crippen molar-refractivity contribution in [3.63, 3.8) is 0 Å². The van der Waals surface area contributed by atoms with Gasteiger partial charge in [0.2, 0.25) is 5.91 Å². The van der Waals surface area contributed by atoms with E-state index in [0.29, 0.717) is 6.54 Å². The summed E-state index contributed by atoms with van der Waals surface area (Å²) in [5.41, 5.74) is 0.774. The number of amides is 1. The smallest absolute Gasteiger partial charge is 0.224 e. The summed E-state index contributed by atoms with van der Waals surface area (Å²) in [5.74, 6) is 1.39. The van der Waals surface area contributed by atoms with Crippen molar-refractivity contribution in [3.05, 3.63) is 18.6 Å². The molecule has 0 saturated carbocycles. The molecule has 2 aromatic heterocycles. The van der Waals surface area contributed by atoms with Gasteiger partial charge in [0.05, 0.1) is 12.1 Å². The summed E-state index contributed by atoms with van der Waals surface area (Å²) in [6.45, 7) is 2.46. The zero-order valence-corrected chi connectivity index (χ0v) is 12.2. The maximum absolute atomic E-state index is 11.6. The van der Waals surface area contributed by atoms with Crippen LogP contribution < -0.4 is 15.5 Å². The summed E-state index contributed by atoms with van der Waals surface area (Å²) in [4.78, 5) is 22.4. The van der Waals surface area contributed by atoms with Crippen LogP contribution in [0.2, 0.25) is 0 Å². The molecule has 0 fully saturated rings. The van der Waals surface area contributed by atoms with E-state index in [-0.39, 0.29) is 11.8 Å². The van der Waals surface area contributed by atoms with Gasteiger partial charge < -0.3 is 19.9 Å². The molecule has 1 amide bonds. The number of rotatable bonds is 5. The normalized spacial score (nSPS) is 12.2. The van der Waals surface area contributed by atoms with Gasteiger partial charge in [-0.25, -0.2) is 9.97 Å². The average Bonchev–Trinajstić information content (AvgIpc) is 2.92. The molecule has 2 rings (SSSR count). The molecule has 0 bridgehead atoms. The predicted octanol–water partition coefficient (Wildman–Crippen LogP) is 0.589. The Morgan fingerprint density at radius 2 is 2.25 bits per heavy atom. The molecule has 7 nitrogen and oxygen atoms in total. The summed E-state index contributed by atoms with van der Waals surface area (Å²) < 4.78 is 1.91. The van der Waals surface area contributed by atoms with Crippen molar-refractivity contribution in [3.8, 4) is 0 Å². The average molecular weight is 276 g/mol. The predicted molar refractivity (Wildman–Crippen MR) is 79.0 cm³/mol. The fourth-order valence-electron chi connectivity index (χ4n) is 2.12. The highest BCUT2D eigenvalue weighted by molar-refractivity contribution is 5.79. The number of fused-ring (bicyclic) bond motifs is 1. The van der Waals surface area contributed by atoms with E-state index in [4.69, 9.17) is 0 Å². The summed E-state index contributed by atoms with van der Waals surface area (Å²) >= 11 is 0. The third-order valence-corrected chi connectivity index (χ3v) is 3.22. The van der Waals surface area contributed by atoms with Crippen molar-refractivity contribution >= 4 is 23.2 Å². The molecule has 2 N–H and O–H groups in total. The molecule has 0 saturated heterocycles. The number of hydrogen-bond donors (Lipinski definition) is 2. The highest BCUT2D eigenvalue weighted by Crippen LogP contribution is 2.20. The zero-order chi connectivity index (χ0) is 14.7. The number of carbonyl (C=O) groups is 1. The number of nitrogens with zero attached hydrogens (tertiary/aromatic N) is 4. The van der Waals surface area contributed by atoms with Gasteiger partial charge in [-0.2, -0.15) is 0 Å². The Kier molecular flexibility index (Phi) is 4.07. The summed E-state index contributed by atoms with van der Waals surface area (Å²) in [6, 6.07) is 0. The molecule has 2 heterocycles. The van der Waals surface area contributed by atoms with Crippen LogP contribution in [0.1, 0.15) is 6.92 Å². The first-order valence-electron chi connectivity index (χ1n) is 6.51. The van der Waals surface area contributed by atoms with E-state index in [0.717, 1.165) is 17.3 Å². The van der Waals surface area contributed by atoms with Gasteiger partial charge in [0.1, 0.15) is 5.82 Å². The maximum atomic E-state index is 11.6. The molecule has 1 unspecified atom stereocenters. The van der Waals surface area contributed by atoms with Crippen LogP contribution in [-0.2, 0) is 4.79 Å². The minimum absolute atomic E-state index is 0.0148. The first-order valence-corrected chi connectivity index (χ1v) is 6.51. The number of nitrogens with one attached hydrogen (secondary N) is 2. The molecule has 0 spiro atoms. The lowest BCUT2D eigenvalue weighted by molar-refractivity contribution is -0.123. The monoisotopic (exact) mass is 276 g/mol. The molecule has 108 valence electrons. The molecule has 1 atom stereocenters. The van der Waals surface area contributed by atoms with Crippen LogP contribution in [0.4, 0.5) is 11.6 Å². The second kappa shape index (κ2) is 5.77.